The molecule has 1 N–H and O–H groups in total. The van der Waals surface area contributed by atoms with Gasteiger partial charge in [0.1, 0.15) is 0 Å². The second-order valence-corrected chi connectivity index (χ2v) is 6.60. The average molecular weight is 375 g/mol. The van der Waals surface area contributed by atoms with Crippen LogP contribution in [-0.2, 0) is 14.3 Å². The standard InChI is InChI=1S/C21H29NO5/c1-4-26-18-12-10-16(14-19(18)25-3)11-13-20(23)27-15(2)21(24)22-17-8-6-5-7-9-17/h10-15,17H,4-9H2,1-3H3,(H,22,24)/b13-11+. The molecule has 1 aliphatic carbocycles. The van der Waals surface area contributed by atoms with Crippen molar-refractivity contribution in [1.82, 2.24) is 5.32 Å². The molecule has 1 fully saturated rings. The van der Waals surface area contributed by atoms with Crippen LogP contribution in [-0.4, -0.2) is 37.7 Å². The van der Waals surface area contributed by atoms with Crippen LogP contribution in [0.2, 0.25) is 0 Å². The molecule has 0 radical (unpaired) electrons. The number of carbonyl (C=O) groups is 2. The lowest BCUT2D eigenvalue weighted by Crippen LogP contribution is -2.42. The molecule has 1 aromatic carbocycles. The summed E-state index contributed by atoms with van der Waals surface area (Å²) in [7, 11) is 1.56. The SMILES string of the molecule is CCOc1ccc(/C=C/C(=O)OC(C)C(=O)NC2CCCCC2)cc1OC. The third-order valence-electron chi connectivity index (χ3n) is 4.51. The minimum absolute atomic E-state index is 0.194. The van der Waals surface area contributed by atoms with Gasteiger partial charge in [-0.05, 0) is 50.5 Å². The number of esters is 1. The molecule has 1 amide bonds. The Morgan fingerprint density at radius 1 is 1.22 bits per heavy atom. The summed E-state index contributed by atoms with van der Waals surface area (Å²) in [5.74, 6) is 0.431. The number of hydrogen-bond acceptors (Lipinski definition) is 5. The van der Waals surface area contributed by atoms with Crippen LogP contribution < -0.4 is 14.8 Å². The maximum absolute atomic E-state index is 12.2. The van der Waals surface area contributed by atoms with Crippen molar-refractivity contribution in [3.05, 3.63) is 29.8 Å². The zero-order valence-electron chi connectivity index (χ0n) is 16.3. The first kappa shape index (κ1) is 20.8. The molecule has 2 rings (SSSR count). The molecule has 0 aliphatic heterocycles. The summed E-state index contributed by atoms with van der Waals surface area (Å²) in [4.78, 5) is 24.2. The molecule has 1 saturated carbocycles. The third kappa shape index (κ3) is 6.62. The van der Waals surface area contributed by atoms with E-state index in [0.717, 1.165) is 31.2 Å². The predicted molar refractivity (Wildman–Crippen MR) is 104 cm³/mol. The van der Waals surface area contributed by atoms with Gasteiger partial charge in [0.05, 0.1) is 13.7 Å². The second-order valence-electron chi connectivity index (χ2n) is 6.60. The van der Waals surface area contributed by atoms with Crippen molar-refractivity contribution >= 4 is 18.0 Å². The minimum atomic E-state index is -0.820. The molecule has 6 heteroatoms. The first-order valence-corrected chi connectivity index (χ1v) is 9.53. The van der Waals surface area contributed by atoms with E-state index in [1.807, 2.05) is 13.0 Å². The van der Waals surface area contributed by atoms with Crippen LogP contribution in [0.1, 0.15) is 51.5 Å². The molecule has 6 nitrogen and oxygen atoms in total. The van der Waals surface area contributed by atoms with Crippen molar-refractivity contribution in [2.45, 2.75) is 58.1 Å². The highest BCUT2D eigenvalue weighted by atomic mass is 16.5. The van der Waals surface area contributed by atoms with E-state index in [9.17, 15) is 9.59 Å². The van der Waals surface area contributed by atoms with Crippen molar-refractivity contribution in [3.8, 4) is 11.5 Å². The monoisotopic (exact) mass is 375 g/mol. The van der Waals surface area contributed by atoms with Gasteiger partial charge in [-0.25, -0.2) is 4.79 Å². The van der Waals surface area contributed by atoms with E-state index in [-0.39, 0.29) is 11.9 Å². The van der Waals surface area contributed by atoms with Crippen LogP contribution in [0.15, 0.2) is 24.3 Å². The van der Waals surface area contributed by atoms with Crippen LogP contribution in [0.5, 0.6) is 11.5 Å². The maximum atomic E-state index is 12.2. The van der Waals surface area contributed by atoms with Crippen LogP contribution in [0.25, 0.3) is 6.08 Å². The van der Waals surface area contributed by atoms with Gasteiger partial charge < -0.3 is 19.5 Å². The summed E-state index contributed by atoms with van der Waals surface area (Å²) in [5.41, 5.74) is 0.770. The van der Waals surface area contributed by atoms with Gasteiger partial charge in [0.2, 0.25) is 0 Å². The minimum Gasteiger partial charge on any atom is -0.493 e. The molecular formula is C21H29NO5. The van der Waals surface area contributed by atoms with E-state index in [2.05, 4.69) is 5.32 Å². The lowest BCUT2D eigenvalue weighted by Gasteiger charge is -2.24. The number of hydrogen-bond donors (Lipinski definition) is 1. The van der Waals surface area contributed by atoms with E-state index in [1.165, 1.54) is 12.5 Å². The Morgan fingerprint density at radius 2 is 1.96 bits per heavy atom. The van der Waals surface area contributed by atoms with Crippen molar-refractivity contribution in [2.24, 2.45) is 0 Å². The quantitative estimate of drug-likeness (QED) is 0.556. The normalized spacial score (nSPS) is 16.0. The lowest BCUT2D eigenvalue weighted by molar-refractivity contribution is -0.150. The van der Waals surface area contributed by atoms with Gasteiger partial charge in [-0.2, -0.15) is 0 Å². The number of benzene rings is 1. The molecule has 148 valence electrons. The summed E-state index contributed by atoms with van der Waals surface area (Å²) in [6.07, 6.45) is 7.57. The molecular weight excluding hydrogens is 346 g/mol. The van der Waals surface area contributed by atoms with Crippen molar-refractivity contribution in [2.75, 3.05) is 13.7 Å². The van der Waals surface area contributed by atoms with E-state index in [1.54, 1.807) is 32.2 Å². The smallest absolute Gasteiger partial charge is 0.331 e. The lowest BCUT2D eigenvalue weighted by atomic mass is 9.95. The highest BCUT2D eigenvalue weighted by Crippen LogP contribution is 2.28. The fourth-order valence-electron chi connectivity index (χ4n) is 3.06. The number of methoxy groups -OCH3 is 1. The summed E-state index contributed by atoms with van der Waals surface area (Å²) in [6, 6.07) is 5.57. The molecule has 0 bridgehead atoms. The molecule has 27 heavy (non-hydrogen) atoms. The molecule has 0 aromatic heterocycles. The number of nitrogens with one attached hydrogen (secondary N) is 1. The number of amides is 1. The van der Waals surface area contributed by atoms with Gasteiger partial charge in [-0.15, -0.1) is 0 Å². The number of carbonyl (C=O) groups excluding carboxylic acids is 2. The summed E-state index contributed by atoms with van der Waals surface area (Å²) < 4.78 is 16.0. The fraction of sp³-hybridized carbons (Fsp3) is 0.524. The Balaban J connectivity index is 1.87. The van der Waals surface area contributed by atoms with E-state index in [0.29, 0.717) is 18.1 Å². The highest BCUT2D eigenvalue weighted by Gasteiger charge is 2.21. The van der Waals surface area contributed by atoms with Gasteiger partial charge in [0.25, 0.3) is 5.91 Å². The third-order valence-corrected chi connectivity index (χ3v) is 4.51. The van der Waals surface area contributed by atoms with E-state index in [4.69, 9.17) is 14.2 Å². The Bertz CT molecular complexity index is 665. The maximum Gasteiger partial charge on any atom is 0.331 e. The zero-order chi connectivity index (χ0) is 19.6. The van der Waals surface area contributed by atoms with Gasteiger partial charge >= 0.3 is 5.97 Å². The van der Waals surface area contributed by atoms with Crippen LogP contribution >= 0.6 is 0 Å². The fourth-order valence-corrected chi connectivity index (χ4v) is 3.06. The molecule has 1 unspecified atom stereocenters. The highest BCUT2D eigenvalue weighted by molar-refractivity contribution is 5.90. The molecule has 0 heterocycles. The Morgan fingerprint density at radius 3 is 2.63 bits per heavy atom. The molecule has 0 saturated heterocycles. The largest absolute Gasteiger partial charge is 0.493 e. The Kier molecular flexibility index (Phi) is 8.17. The van der Waals surface area contributed by atoms with Crippen molar-refractivity contribution < 1.29 is 23.8 Å². The van der Waals surface area contributed by atoms with E-state index < -0.39 is 12.1 Å². The van der Waals surface area contributed by atoms with Crippen molar-refractivity contribution in [3.63, 3.8) is 0 Å². The van der Waals surface area contributed by atoms with E-state index >= 15 is 0 Å². The van der Waals surface area contributed by atoms with Gasteiger partial charge in [-0.3, -0.25) is 4.79 Å². The predicted octanol–water partition coefficient (Wildman–Crippen LogP) is 3.49. The molecule has 0 spiro atoms. The second kappa shape index (κ2) is 10.6. The van der Waals surface area contributed by atoms with Crippen molar-refractivity contribution in [1.29, 1.82) is 0 Å². The van der Waals surface area contributed by atoms with Gasteiger partial charge in [0.15, 0.2) is 17.6 Å². The van der Waals surface area contributed by atoms with Crippen LogP contribution in [0, 0.1) is 0 Å². The first-order valence-electron chi connectivity index (χ1n) is 9.53. The van der Waals surface area contributed by atoms with Crippen LogP contribution in [0.3, 0.4) is 0 Å². The first-order chi connectivity index (χ1) is 13.0. The zero-order valence-corrected chi connectivity index (χ0v) is 16.3. The average Bonchev–Trinajstić information content (AvgIpc) is 2.68. The summed E-state index contributed by atoms with van der Waals surface area (Å²) in [5, 5.41) is 2.96. The summed E-state index contributed by atoms with van der Waals surface area (Å²) in [6.45, 7) is 4.03. The molecule has 1 aromatic rings. The number of ether oxygens (including phenoxy) is 3. The molecule has 1 aliphatic rings. The van der Waals surface area contributed by atoms with Gasteiger partial charge in [0, 0.05) is 12.1 Å². The topological polar surface area (TPSA) is 73.9 Å². The number of rotatable bonds is 8. The summed E-state index contributed by atoms with van der Waals surface area (Å²) >= 11 is 0. The van der Waals surface area contributed by atoms with Gasteiger partial charge in [-0.1, -0.05) is 25.3 Å². The van der Waals surface area contributed by atoms with Crippen LogP contribution in [0.4, 0.5) is 0 Å². The Labute approximate surface area is 160 Å². The Hall–Kier alpha value is -2.50. The molecule has 1 atom stereocenters.